The van der Waals surface area contributed by atoms with Gasteiger partial charge in [0.05, 0.1) is 15.7 Å². The number of rotatable bonds is 4. The fourth-order valence-corrected chi connectivity index (χ4v) is 3.28. The van der Waals surface area contributed by atoms with E-state index in [9.17, 15) is 17.6 Å². The van der Waals surface area contributed by atoms with Gasteiger partial charge in [0.15, 0.2) is 5.82 Å². The van der Waals surface area contributed by atoms with Crippen LogP contribution < -0.4 is 10.0 Å². The van der Waals surface area contributed by atoms with Crippen molar-refractivity contribution in [2.24, 2.45) is 0 Å². The van der Waals surface area contributed by atoms with Gasteiger partial charge in [-0.3, -0.25) is 9.52 Å². The van der Waals surface area contributed by atoms with E-state index in [4.69, 9.17) is 23.2 Å². The van der Waals surface area contributed by atoms with Gasteiger partial charge in [0, 0.05) is 19.2 Å². The average Bonchev–Trinajstić information content (AvgIpc) is 2.44. The summed E-state index contributed by atoms with van der Waals surface area (Å²) < 4.78 is 40.7. The average molecular weight is 378 g/mol. The molecule has 122 valence electrons. The summed E-state index contributed by atoms with van der Waals surface area (Å²) in [4.78, 5) is 14.1. The molecule has 6 nitrogen and oxygen atoms in total. The highest BCUT2D eigenvalue weighted by atomic mass is 35.5. The Morgan fingerprint density at radius 3 is 2.57 bits per heavy atom. The SMILES string of the molecule is CC(=O)Nc1cc(F)c(S(=O)(=O)Nc2ncccc2Cl)cc1Cl. The molecule has 10 heteroatoms. The van der Waals surface area contributed by atoms with E-state index in [0.717, 1.165) is 12.1 Å². The van der Waals surface area contributed by atoms with Crippen LogP contribution in [0.4, 0.5) is 15.9 Å². The molecule has 2 N–H and O–H groups in total. The molecule has 0 atom stereocenters. The van der Waals surface area contributed by atoms with Gasteiger partial charge in [-0.25, -0.2) is 17.8 Å². The lowest BCUT2D eigenvalue weighted by Gasteiger charge is -2.12. The molecule has 0 bridgehead atoms. The monoisotopic (exact) mass is 377 g/mol. The molecule has 0 unspecified atom stereocenters. The Hall–Kier alpha value is -1.90. The normalized spacial score (nSPS) is 11.1. The second-order valence-corrected chi connectivity index (χ2v) is 6.85. The number of anilines is 2. The van der Waals surface area contributed by atoms with Crippen molar-refractivity contribution in [1.29, 1.82) is 0 Å². The van der Waals surface area contributed by atoms with Crippen LogP contribution in [0, 0.1) is 5.82 Å². The van der Waals surface area contributed by atoms with Crippen LogP contribution >= 0.6 is 23.2 Å². The molecule has 2 aromatic rings. The molecule has 0 saturated carbocycles. The summed E-state index contributed by atoms with van der Waals surface area (Å²) >= 11 is 11.7. The number of amides is 1. The number of nitrogens with one attached hydrogen (secondary N) is 2. The molecule has 23 heavy (non-hydrogen) atoms. The summed E-state index contributed by atoms with van der Waals surface area (Å²) in [6, 6.07) is 4.65. The van der Waals surface area contributed by atoms with Crippen LogP contribution in [0.5, 0.6) is 0 Å². The van der Waals surface area contributed by atoms with E-state index < -0.39 is 26.6 Å². The maximum absolute atomic E-state index is 14.1. The van der Waals surface area contributed by atoms with Crippen molar-refractivity contribution in [3.63, 3.8) is 0 Å². The van der Waals surface area contributed by atoms with E-state index in [2.05, 4.69) is 15.0 Å². The second kappa shape index (κ2) is 6.69. The Balaban J connectivity index is 2.42. The molecule has 1 aromatic carbocycles. The minimum Gasteiger partial charge on any atom is -0.325 e. The summed E-state index contributed by atoms with van der Waals surface area (Å²) in [5.41, 5.74) is -0.0357. The van der Waals surface area contributed by atoms with Crippen molar-refractivity contribution in [3.05, 3.63) is 46.3 Å². The molecule has 1 heterocycles. The van der Waals surface area contributed by atoms with Gasteiger partial charge >= 0.3 is 0 Å². The number of carbonyl (C=O) groups excluding carboxylic acids is 1. The van der Waals surface area contributed by atoms with Crippen molar-refractivity contribution < 1.29 is 17.6 Å². The highest BCUT2D eigenvalue weighted by Gasteiger charge is 2.23. The third-order valence-corrected chi connectivity index (χ3v) is 4.58. The Bertz CT molecular complexity index is 875. The first-order valence-corrected chi connectivity index (χ1v) is 8.34. The molecule has 0 aliphatic carbocycles. The number of nitrogens with zero attached hydrogens (tertiary/aromatic N) is 1. The zero-order chi connectivity index (χ0) is 17.2. The Morgan fingerprint density at radius 1 is 1.26 bits per heavy atom. The minimum absolute atomic E-state index is 0.0357. The highest BCUT2D eigenvalue weighted by molar-refractivity contribution is 7.92. The standard InChI is InChI=1S/C13H10Cl2FN3O3S/c1-7(20)18-11-6-10(16)12(5-9(11)15)23(21,22)19-13-8(14)3-2-4-17-13/h2-6H,1H3,(H,17,19)(H,18,20). The molecule has 0 saturated heterocycles. The van der Waals surface area contributed by atoms with Crippen LogP contribution in [0.25, 0.3) is 0 Å². The molecule has 0 radical (unpaired) electrons. The maximum Gasteiger partial charge on any atom is 0.266 e. The van der Waals surface area contributed by atoms with E-state index in [1.165, 1.54) is 25.3 Å². The quantitative estimate of drug-likeness (QED) is 0.855. The summed E-state index contributed by atoms with van der Waals surface area (Å²) in [7, 11) is -4.30. The second-order valence-electron chi connectivity index (χ2n) is 4.38. The zero-order valence-electron chi connectivity index (χ0n) is 11.6. The van der Waals surface area contributed by atoms with Crippen molar-refractivity contribution in [3.8, 4) is 0 Å². The van der Waals surface area contributed by atoms with Gasteiger partial charge in [-0.15, -0.1) is 0 Å². The summed E-state index contributed by atoms with van der Waals surface area (Å²) in [5.74, 6) is -1.70. The molecule has 1 amide bonds. The molecule has 0 aliphatic heterocycles. The number of benzene rings is 1. The van der Waals surface area contributed by atoms with Gasteiger partial charge in [0.1, 0.15) is 10.7 Å². The number of hydrogen-bond donors (Lipinski definition) is 2. The first-order chi connectivity index (χ1) is 10.7. The molecular formula is C13H10Cl2FN3O3S. The Kier molecular flexibility index (Phi) is 5.08. The Morgan fingerprint density at radius 2 is 1.96 bits per heavy atom. The number of hydrogen-bond acceptors (Lipinski definition) is 4. The topological polar surface area (TPSA) is 88.2 Å². The van der Waals surface area contributed by atoms with E-state index in [1.54, 1.807) is 0 Å². The van der Waals surface area contributed by atoms with Gasteiger partial charge in [0.25, 0.3) is 10.0 Å². The zero-order valence-corrected chi connectivity index (χ0v) is 13.9. The largest absolute Gasteiger partial charge is 0.325 e. The van der Waals surface area contributed by atoms with Crippen LogP contribution in [-0.2, 0) is 14.8 Å². The van der Waals surface area contributed by atoms with Crippen LogP contribution in [0.15, 0.2) is 35.4 Å². The van der Waals surface area contributed by atoms with Crippen molar-refractivity contribution in [2.45, 2.75) is 11.8 Å². The lowest BCUT2D eigenvalue weighted by molar-refractivity contribution is -0.114. The number of pyridine rings is 1. The molecule has 0 fully saturated rings. The smallest absolute Gasteiger partial charge is 0.266 e. The molecule has 2 rings (SSSR count). The summed E-state index contributed by atoms with van der Waals surface area (Å²) in [5, 5.41) is 2.21. The fraction of sp³-hybridized carbons (Fsp3) is 0.0769. The van der Waals surface area contributed by atoms with E-state index in [0.29, 0.717) is 0 Å². The van der Waals surface area contributed by atoms with Crippen LogP contribution in [0.1, 0.15) is 6.92 Å². The van der Waals surface area contributed by atoms with Gasteiger partial charge in [0.2, 0.25) is 5.91 Å². The molecule has 0 spiro atoms. The number of sulfonamides is 1. The lowest BCUT2D eigenvalue weighted by Crippen LogP contribution is -2.16. The third-order valence-electron chi connectivity index (χ3n) is 2.61. The highest BCUT2D eigenvalue weighted by Crippen LogP contribution is 2.30. The van der Waals surface area contributed by atoms with E-state index >= 15 is 0 Å². The van der Waals surface area contributed by atoms with Crippen molar-refractivity contribution >= 4 is 50.6 Å². The van der Waals surface area contributed by atoms with Crippen molar-refractivity contribution in [1.82, 2.24) is 4.98 Å². The lowest BCUT2D eigenvalue weighted by atomic mass is 10.3. The summed E-state index contributed by atoms with van der Waals surface area (Å²) in [6.07, 6.45) is 1.33. The van der Waals surface area contributed by atoms with Gasteiger partial charge in [-0.2, -0.15) is 0 Å². The predicted octanol–water partition coefficient (Wildman–Crippen LogP) is 3.29. The third kappa shape index (κ3) is 4.10. The fourth-order valence-electron chi connectivity index (χ4n) is 1.66. The minimum atomic E-state index is -4.30. The van der Waals surface area contributed by atoms with Gasteiger partial charge < -0.3 is 5.32 Å². The summed E-state index contributed by atoms with van der Waals surface area (Å²) in [6.45, 7) is 1.21. The number of aromatic nitrogens is 1. The van der Waals surface area contributed by atoms with Crippen LogP contribution in [0.2, 0.25) is 10.0 Å². The molecule has 1 aromatic heterocycles. The first kappa shape index (κ1) is 17.5. The van der Waals surface area contributed by atoms with E-state index in [1.807, 2.05) is 0 Å². The predicted molar refractivity (Wildman–Crippen MR) is 85.8 cm³/mol. The van der Waals surface area contributed by atoms with E-state index in [-0.39, 0.29) is 21.6 Å². The van der Waals surface area contributed by atoms with Gasteiger partial charge in [-0.1, -0.05) is 23.2 Å². The van der Waals surface area contributed by atoms with Crippen LogP contribution in [0.3, 0.4) is 0 Å². The molecule has 0 aliphatic rings. The first-order valence-electron chi connectivity index (χ1n) is 6.10. The number of halogens is 3. The Labute approximate surface area is 141 Å². The van der Waals surface area contributed by atoms with Gasteiger partial charge in [-0.05, 0) is 18.2 Å². The molecular weight excluding hydrogens is 368 g/mol. The van der Waals surface area contributed by atoms with Crippen molar-refractivity contribution in [2.75, 3.05) is 10.0 Å². The van der Waals surface area contributed by atoms with Crippen LogP contribution in [-0.4, -0.2) is 19.3 Å². The maximum atomic E-state index is 14.1. The number of carbonyl (C=O) groups is 1.